The Morgan fingerprint density at radius 3 is 2.78 bits per heavy atom. The van der Waals surface area contributed by atoms with E-state index in [1.165, 1.54) is 31.7 Å². The van der Waals surface area contributed by atoms with Crippen LogP contribution in [0.15, 0.2) is 22.7 Å². The van der Waals surface area contributed by atoms with E-state index in [0.29, 0.717) is 4.47 Å². The van der Waals surface area contributed by atoms with Gasteiger partial charge in [-0.1, -0.05) is 45.2 Å². The Morgan fingerprint density at radius 1 is 1.33 bits per heavy atom. The van der Waals surface area contributed by atoms with Crippen LogP contribution in [0, 0.1) is 11.7 Å². The third kappa shape index (κ3) is 5.07. The van der Waals surface area contributed by atoms with Gasteiger partial charge in [-0.25, -0.2) is 4.39 Å². The lowest BCUT2D eigenvalue weighted by Crippen LogP contribution is -2.22. The van der Waals surface area contributed by atoms with E-state index in [9.17, 15) is 4.39 Å². The summed E-state index contributed by atoms with van der Waals surface area (Å²) in [5.74, 6) is 0.546. The van der Waals surface area contributed by atoms with E-state index in [2.05, 4.69) is 35.1 Å². The van der Waals surface area contributed by atoms with Gasteiger partial charge in [0.15, 0.2) is 0 Å². The van der Waals surface area contributed by atoms with E-state index >= 15 is 0 Å². The second kappa shape index (κ2) is 8.65. The summed E-state index contributed by atoms with van der Waals surface area (Å²) in [6.07, 6.45) is 5.04. The van der Waals surface area contributed by atoms with Gasteiger partial charge in [0.05, 0.1) is 4.47 Å². The van der Waals surface area contributed by atoms with E-state index in [1.807, 2.05) is 6.07 Å². The Balaban J connectivity index is 2.38. The van der Waals surface area contributed by atoms with E-state index in [-0.39, 0.29) is 5.82 Å². The zero-order valence-corrected chi connectivity index (χ0v) is 12.9. The summed E-state index contributed by atoms with van der Waals surface area (Å²) in [7, 11) is 0. The zero-order valence-electron chi connectivity index (χ0n) is 11.3. The molecule has 0 aliphatic heterocycles. The molecule has 1 unspecified atom stereocenters. The molecule has 3 heteroatoms. The van der Waals surface area contributed by atoms with Crippen molar-refractivity contribution in [1.29, 1.82) is 0 Å². The fourth-order valence-electron chi connectivity index (χ4n) is 2.04. The van der Waals surface area contributed by atoms with Gasteiger partial charge in [0.2, 0.25) is 0 Å². The van der Waals surface area contributed by atoms with Crippen molar-refractivity contribution in [1.82, 2.24) is 5.32 Å². The van der Waals surface area contributed by atoms with E-state index in [1.54, 1.807) is 6.07 Å². The fraction of sp³-hybridized carbons (Fsp3) is 0.600. The van der Waals surface area contributed by atoms with Gasteiger partial charge in [-0.3, -0.25) is 0 Å². The summed E-state index contributed by atoms with van der Waals surface area (Å²) in [5.41, 5.74) is 0.986. The van der Waals surface area contributed by atoms with Crippen LogP contribution in [0.25, 0.3) is 0 Å². The van der Waals surface area contributed by atoms with Crippen LogP contribution in [0.3, 0.4) is 0 Å². The number of hydrogen-bond donors (Lipinski definition) is 1. The summed E-state index contributed by atoms with van der Waals surface area (Å²) in [5, 5.41) is 3.43. The average Bonchev–Trinajstić information content (AvgIpc) is 2.38. The molecule has 0 radical (unpaired) electrons. The molecule has 1 aromatic carbocycles. The number of unbranched alkanes of at least 4 members (excludes halogenated alkanes) is 1. The molecule has 0 saturated carbocycles. The lowest BCUT2D eigenvalue weighted by Gasteiger charge is -2.15. The topological polar surface area (TPSA) is 12.0 Å². The zero-order chi connectivity index (χ0) is 13.4. The predicted molar refractivity (Wildman–Crippen MR) is 79.1 cm³/mol. The third-order valence-corrected chi connectivity index (χ3v) is 4.21. The van der Waals surface area contributed by atoms with Crippen molar-refractivity contribution in [2.45, 2.75) is 46.1 Å². The van der Waals surface area contributed by atoms with E-state index in [4.69, 9.17) is 0 Å². The maximum Gasteiger partial charge on any atom is 0.137 e. The predicted octanol–water partition coefficient (Wildman–Crippen LogP) is 4.89. The molecule has 18 heavy (non-hydrogen) atoms. The lowest BCUT2D eigenvalue weighted by atomic mass is 9.99. The molecule has 0 saturated heterocycles. The maximum atomic E-state index is 13.3. The maximum absolute atomic E-state index is 13.3. The van der Waals surface area contributed by atoms with Crippen molar-refractivity contribution in [3.05, 3.63) is 34.1 Å². The monoisotopic (exact) mass is 315 g/mol. The largest absolute Gasteiger partial charge is 0.312 e. The van der Waals surface area contributed by atoms with Crippen molar-refractivity contribution < 1.29 is 4.39 Å². The van der Waals surface area contributed by atoms with Gasteiger partial charge in [0.25, 0.3) is 0 Å². The van der Waals surface area contributed by atoms with Crippen molar-refractivity contribution in [2.75, 3.05) is 6.54 Å². The van der Waals surface area contributed by atoms with Crippen LogP contribution in [0.4, 0.5) is 4.39 Å². The van der Waals surface area contributed by atoms with Crippen LogP contribution >= 0.6 is 15.9 Å². The molecule has 0 fully saturated rings. The molecule has 0 heterocycles. The first-order chi connectivity index (χ1) is 8.69. The van der Waals surface area contributed by atoms with Crippen LogP contribution in [0.1, 0.15) is 45.1 Å². The second-order valence-corrected chi connectivity index (χ2v) is 5.55. The van der Waals surface area contributed by atoms with E-state index < -0.39 is 0 Å². The molecule has 0 aliphatic rings. The summed E-state index contributed by atoms with van der Waals surface area (Å²) < 4.78 is 13.9. The van der Waals surface area contributed by atoms with Crippen molar-refractivity contribution in [3.63, 3.8) is 0 Å². The van der Waals surface area contributed by atoms with Crippen LogP contribution in [0.2, 0.25) is 0 Å². The molecular weight excluding hydrogens is 293 g/mol. The number of nitrogens with one attached hydrogen (secondary N) is 1. The van der Waals surface area contributed by atoms with Crippen LogP contribution in [-0.4, -0.2) is 6.54 Å². The number of rotatable bonds is 8. The molecule has 0 amide bonds. The van der Waals surface area contributed by atoms with Gasteiger partial charge in [-0.2, -0.15) is 0 Å². The normalized spacial score (nSPS) is 12.7. The average molecular weight is 316 g/mol. The molecule has 1 aromatic rings. The lowest BCUT2D eigenvalue weighted by molar-refractivity contribution is 0.419. The minimum atomic E-state index is -0.188. The number of hydrogen-bond acceptors (Lipinski definition) is 1. The number of halogens is 2. The van der Waals surface area contributed by atoms with Gasteiger partial charge in [-0.05, 0) is 46.4 Å². The molecule has 0 bridgehead atoms. The highest BCUT2D eigenvalue weighted by atomic mass is 79.9. The van der Waals surface area contributed by atoms with Crippen LogP contribution in [0.5, 0.6) is 0 Å². The minimum Gasteiger partial charge on any atom is -0.312 e. The van der Waals surface area contributed by atoms with Gasteiger partial charge in [-0.15, -0.1) is 0 Å². The Kier molecular flexibility index (Phi) is 7.52. The number of benzene rings is 1. The Labute approximate surface area is 118 Å². The first-order valence-electron chi connectivity index (χ1n) is 6.82. The molecule has 102 valence electrons. The van der Waals surface area contributed by atoms with Gasteiger partial charge >= 0.3 is 0 Å². The van der Waals surface area contributed by atoms with Gasteiger partial charge in [0.1, 0.15) is 5.82 Å². The van der Waals surface area contributed by atoms with E-state index in [0.717, 1.165) is 24.6 Å². The Morgan fingerprint density at radius 2 is 2.11 bits per heavy atom. The first kappa shape index (κ1) is 15.6. The quantitative estimate of drug-likeness (QED) is 0.720. The molecule has 1 N–H and O–H groups in total. The molecule has 1 atom stereocenters. The standard InChI is InChI=1S/C15H23BrFN/c1-3-5-7-12(4-2)10-18-11-13-8-6-9-14(17)15(13)16/h6,8-9,12,18H,3-5,7,10-11H2,1-2H3. The molecule has 0 aromatic heterocycles. The van der Waals surface area contributed by atoms with Crippen molar-refractivity contribution in [3.8, 4) is 0 Å². The Hall–Kier alpha value is -0.410. The second-order valence-electron chi connectivity index (χ2n) is 4.76. The fourth-order valence-corrected chi connectivity index (χ4v) is 2.44. The van der Waals surface area contributed by atoms with Gasteiger partial charge in [0, 0.05) is 6.54 Å². The smallest absolute Gasteiger partial charge is 0.137 e. The Bertz CT molecular complexity index is 354. The molecule has 1 nitrogen and oxygen atoms in total. The summed E-state index contributed by atoms with van der Waals surface area (Å²) in [6.45, 7) is 6.20. The summed E-state index contributed by atoms with van der Waals surface area (Å²) in [6, 6.07) is 5.18. The highest BCUT2D eigenvalue weighted by Crippen LogP contribution is 2.20. The SMILES string of the molecule is CCCCC(CC)CNCc1cccc(F)c1Br. The molecule has 0 spiro atoms. The highest BCUT2D eigenvalue weighted by molar-refractivity contribution is 9.10. The third-order valence-electron chi connectivity index (χ3n) is 3.32. The van der Waals surface area contributed by atoms with Crippen molar-refractivity contribution in [2.24, 2.45) is 5.92 Å². The van der Waals surface area contributed by atoms with Gasteiger partial charge < -0.3 is 5.32 Å². The van der Waals surface area contributed by atoms with Crippen LogP contribution < -0.4 is 5.32 Å². The molecule has 0 aliphatic carbocycles. The first-order valence-corrected chi connectivity index (χ1v) is 7.61. The van der Waals surface area contributed by atoms with Crippen LogP contribution in [-0.2, 0) is 6.54 Å². The highest BCUT2D eigenvalue weighted by Gasteiger charge is 2.07. The molecule has 1 rings (SSSR count). The summed E-state index contributed by atoms with van der Waals surface area (Å²) in [4.78, 5) is 0. The summed E-state index contributed by atoms with van der Waals surface area (Å²) >= 11 is 3.29. The minimum absolute atomic E-state index is 0.188. The van der Waals surface area contributed by atoms with Crippen molar-refractivity contribution >= 4 is 15.9 Å². The molecular formula is C15H23BrFN.